The number of rotatable bonds is 6. The van der Waals surface area contributed by atoms with Gasteiger partial charge in [-0.25, -0.2) is 9.67 Å². The molecule has 0 saturated carbocycles. The predicted molar refractivity (Wildman–Crippen MR) is 82.9 cm³/mol. The Balaban J connectivity index is 2.27. The Labute approximate surface area is 126 Å². The second kappa shape index (κ2) is 6.39. The fraction of sp³-hybridized carbons (Fsp3) is 0.667. The quantitative estimate of drug-likeness (QED) is 0.885. The summed E-state index contributed by atoms with van der Waals surface area (Å²) in [6, 6.07) is 0.0484. The van der Waals surface area contributed by atoms with Gasteiger partial charge in [-0.2, -0.15) is 10.2 Å². The van der Waals surface area contributed by atoms with Crippen LogP contribution in [0.1, 0.15) is 56.0 Å². The number of hydrogen-bond donors (Lipinski definition) is 1. The molecule has 2 aromatic heterocycles. The number of aryl methyl sites for hydroxylation is 1. The van der Waals surface area contributed by atoms with Gasteiger partial charge in [0.2, 0.25) is 0 Å². The van der Waals surface area contributed by atoms with E-state index in [-0.39, 0.29) is 6.04 Å². The first-order valence-electron chi connectivity index (χ1n) is 7.60. The fourth-order valence-electron chi connectivity index (χ4n) is 2.65. The minimum absolute atomic E-state index is 0.0484. The Morgan fingerprint density at radius 1 is 1.24 bits per heavy atom. The molecule has 2 rings (SSSR count). The van der Waals surface area contributed by atoms with Gasteiger partial charge in [0.15, 0.2) is 0 Å². The van der Waals surface area contributed by atoms with Crippen LogP contribution in [-0.4, -0.2) is 24.5 Å². The standard InChI is InChI=1S/C15H26N6/c1-6-13(16)15-11(4)19-20(12(15)5)8-14-17-9-18-21(14)7-10(2)3/h9-10,13H,6-8,16H2,1-5H3. The lowest BCUT2D eigenvalue weighted by molar-refractivity contribution is 0.455. The van der Waals surface area contributed by atoms with Crippen molar-refractivity contribution >= 4 is 0 Å². The van der Waals surface area contributed by atoms with E-state index < -0.39 is 0 Å². The maximum atomic E-state index is 6.19. The van der Waals surface area contributed by atoms with E-state index >= 15 is 0 Å². The summed E-state index contributed by atoms with van der Waals surface area (Å²) in [5, 5.41) is 8.93. The van der Waals surface area contributed by atoms with Gasteiger partial charge in [-0.15, -0.1) is 0 Å². The van der Waals surface area contributed by atoms with E-state index in [1.54, 1.807) is 6.33 Å². The molecule has 0 fully saturated rings. The summed E-state index contributed by atoms with van der Waals surface area (Å²) in [5.74, 6) is 1.47. The highest BCUT2D eigenvalue weighted by molar-refractivity contribution is 5.28. The van der Waals surface area contributed by atoms with Crippen LogP contribution in [0.25, 0.3) is 0 Å². The van der Waals surface area contributed by atoms with E-state index in [1.165, 1.54) is 0 Å². The molecule has 0 saturated heterocycles. The molecule has 21 heavy (non-hydrogen) atoms. The van der Waals surface area contributed by atoms with E-state index in [0.717, 1.165) is 35.7 Å². The summed E-state index contributed by atoms with van der Waals surface area (Å²) in [4.78, 5) is 4.37. The summed E-state index contributed by atoms with van der Waals surface area (Å²) in [5.41, 5.74) is 9.49. The van der Waals surface area contributed by atoms with Crippen molar-refractivity contribution in [3.8, 4) is 0 Å². The lowest BCUT2D eigenvalue weighted by atomic mass is 10.0. The average Bonchev–Trinajstić information content (AvgIpc) is 2.94. The molecule has 6 nitrogen and oxygen atoms in total. The van der Waals surface area contributed by atoms with Crippen molar-refractivity contribution in [2.45, 2.75) is 60.2 Å². The largest absolute Gasteiger partial charge is 0.324 e. The zero-order valence-electron chi connectivity index (χ0n) is 13.7. The first-order valence-corrected chi connectivity index (χ1v) is 7.60. The minimum atomic E-state index is 0.0484. The summed E-state index contributed by atoms with van der Waals surface area (Å²) < 4.78 is 3.95. The van der Waals surface area contributed by atoms with Crippen molar-refractivity contribution in [3.63, 3.8) is 0 Å². The van der Waals surface area contributed by atoms with Crippen molar-refractivity contribution in [1.82, 2.24) is 24.5 Å². The smallest absolute Gasteiger partial charge is 0.148 e. The fourth-order valence-corrected chi connectivity index (χ4v) is 2.65. The molecule has 2 N–H and O–H groups in total. The van der Waals surface area contributed by atoms with E-state index in [2.05, 4.69) is 42.9 Å². The van der Waals surface area contributed by atoms with Crippen LogP contribution in [0.4, 0.5) is 0 Å². The van der Waals surface area contributed by atoms with Crippen LogP contribution in [0.5, 0.6) is 0 Å². The molecule has 116 valence electrons. The third-order valence-corrected chi connectivity index (χ3v) is 3.77. The second-order valence-electron chi connectivity index (χ2n) is 6.01. The van der Waals surface area contributed by atoms with Crippen LogP contribution in [0.2, 0.25) is 0 Å². The first kappa shape index (κ1) is 15.7. The van der Waals surface area contributed by atoms with E-state index in [1.807, 2.05) is 16.3 Å². The van der Waals surface area contributed by atoms with Gasteiger partial charge in [-0.3, -0.25) is 4.68 Å². The molecular formula is C15H26N6. The van der Waals surface area contributed by atoms with Crippen LogP contribution in [-0.2, 0) is 13.1 Å². The maximum absolute atomic E-state index is 6.19. The van der Waals surface area contributed by atoms with E-state index in [0.29, 0.717) is 12.5 Å². The van der Waals surface area contributed by atoms with Gasteiger partial charge < -0.3 is 5.73 Å². The highest BCUT2D eigenvalue weighted by Gasteiger charge is 2.18. The van der Waals surface area contributed by atoms with Crippen molar-refractivity contribution in [2.24, 2.45) is 11.7 Å². The lowest BCUT2D eigenvalue weighted by Gasteiger charge is -2.11. The first-order chi connectivity index (χ1) is 9.93. The zero-order chi connectivity index (χ0) is 15.6. The molecule has 0 aliphatic rings. The van der Waals surface area contributed by atoms with Gasteiger partial charge in [0.25, 0.3) is 0 Å². The Kier molecular flexibility index (Phi) is 4.77. The van der Waals surface area contributed by atoms with Gasteiger partial charge in [0.1, 0.15) is 18.7 Å². The molecule has 2 aromatic rings. The molecule has 1 unspecified atom stereocenters. The highest BCUT2D eigenvalue weighted by Crippen LogP contribution is 2.22. The van der Waals surface area contributed by atoms with E-state index in [9.17, 15) is 0 Å². The number of nitrogens with two attached hydrogens (primary N) is 1. The summed E-state index contributed by atoms with van der Waals surface area (Å²) in [6.45, 7) is 12.0. The van der Waals surface area contributed by atoms with Crippen LogP contribution < -0.4 is 5.73 Å². The molecule has 0 amide bonds. The van der Waals surface area contributed by atoms with E-state index in [4.69, 9.17) is 5.73 Å². The van der Waals surface area contributed by atoms with Crippen molar-refractivity contribution in [1.29, 1.82) is 0 Å². The summed E-state index contributed by atoms with van der Waals surface area (Å²) in [6.07, 6.45) is 2.53. The van der Waals surface area contributed by atoms with Gasteiger partial charge in [0, 0.05) is 23.8 Å². The Morgan fingerprint density at radius 2 is 1.95 bits per heavy atom. The molecule has 2 heterocycles. The molecule has 1 atom stereocenters. The maximum Gasteiger partial charge on any atom is 0.148 e. The molecule has 0 bridgehead atoms. The topological polar surface area (TPSA) is 74.6 Å². The number of hydrogen-bond acceptors (Lipinski definition) is 4. The summed E-state index contributed by atoms with van der Waals surface area (Å²) in [7, 11) is 0. The number of aromatic nitrogens is 5. The van der Waals surface area contributed by atoms with Crippen molar-refractivity contribution in [3.05, 3.63) is 29.1 Å². The Morgan fingerprint density at radius 3 is 2.57 bits per heavy atom. The molecule has 0 aliphatic carbocycles. The van der Waals surface area contributed by atoms with Crippen LogP contribution in [0.3, 0.4) is 0 Å². The second-order valence-corrected chi connectivity index (χ2v) is 6.01. The highest BCUT2D eigenvalue weighted by atomic mass is 15.4. The molecule has 0 aromatic carbocycles. The Hall–Kier alpha value is -1.69. The Bertz CT molecular complexity index is 595. The molecule has 0 spiro atoms. The van der Waals surface area contributed by atoms with Crippen molar-refractivity contribution in [2.75, 3.05) is 0 Å². The SMILES string of the molecule is CCC(N)c1c(C)nn(Cc2ncnn2CC(C)C)c1C. The monoisotopic (exact) mass is 290 g/mol. The molecule has 6 heteroatoms. The van der Waals surface area contributed by atoms with Crippen LogP contribution in [0.15, 0.2) is 6.33 Å². The molecule has 0 aliphatic heterocycles. The van der Waals surface area contributed by atoms with Gasteiger partial charge in [0.05, 0.1) is 5.69 Å². The zero-order valence-corrected chi connectivity index (χ0v) is 13.7. The van der Waals surface area contributed by atoms with Gasteiger partial charge in [-0.1, -0.05) is 20.8 Å². The minimum Gasteiger partial charge on any atom is -0.324 e. The van der Waals surface area contributed by atoms with Crippen LogP contribution in [0, 0.1) is 19.8 Å². The van der Waals surface area contributed by atoms with Crippen molar-refractivity contribution < 1.29 is 0 Å². The molecular weight excluding hydrogens is 264 g/mol. The average molecular weight is 290 g/mol. The van der Waals surface area contributed by atoms with Gasteiger partial charge >= 0.3 is 0 Å². The third kappa shape index (κ3) is 3.32. The predicted octanol–water partition coefficient (Wildman–Crippen LogP) is 2.21. The third-order valence-electron chi connectivity index (χ3n) is 3.77. The number of nitrogens with zero attached hydrogens (tertiary/aromatic N) is 5. The molecule has 0 radical (unpaired) electrons. The van der Waals surface area contributed by atoms with Crippen LogP contribution >= 0.6 is 0 Å². The lowest BCUT2D eigenvalue weighted by Crippen LogP contribution is -2.15. The summed E-state index contributed by atoms with van der Waals surface area (Å²) >= 11 is 0. The normalized spacial score (nSPS) is 13.1. The van der Waals surface area contributed by atoms with Gasteiger partial charge in [-0.05, 0) is 26.2 Å².